The molecule has 7 heteroatoms. The summed E-state index contributed by atoms with van der Waals surface area (Å²) in [6, 6.07) is 2.11. The van der Waals surface area contributed by atoms with Crippen molar-refractivity contribution in [1.29, 1.82) is 0 Å². The summed E-state index contributed by atoms with van der Waals surface area (Å²) in [6.45, 7) is 0. The van der Waals surface area contributed by atoms with Crippen LogP contribution in [0.5, 0.6) is 23.0 Å². The van der Waals surface area contributed by atoms with Crippen molar-refractivity contribution in [3.05, 3.63) is 12.1 Å². The van der Waals surface area contributed by atoms with E-state index in [1.54, 1.807) is 0 Å². The molecule has 70 valence electrons. The fourth-order valence-electron chi connectivity index (χ4n) is 0.759. The van der Waals surface area contributed by atoms with Gasteiger partial charge in [0.15, 0.2) is 5.75 Å². The minimum Gasteiger partial charge on any atom is -0.509 e. The Morgan fingerprint density at radius 2 is 1.62 bits per heavy atom. The first kappa shape index (κ1) is 9.49. The van der Waals surface area contributed by atoms with E-state index in [1.807, 2.05) is 0 Å². The molecule has 0 aliphatic heterocycles. The van der Waals surface area contributed by atoms with E-state index in [2.05, 4.69) is 4.65 Å². The van der Waals surface area contributed by atoms with Gasteiger partial charge in [-0.2, -0.15) is 0 Å². The zero-order valence-electron chi connectivity index (χ0n) is 6.38. The Morgan fingerprint density at radius 1 is 1.00 bits per heavy atom. The molecule has 13 heavy (non-hydrogen) atoms. The molecule has 0 aliphatic carbocycles. The van der Waals surface area contributed by atoms with Crippen LogP contribution in [0.4, 0.5) is 0 Å². The largest absolute Gasteiger partial charge is 0.707 e. The van der Waals surface area contributed by atoms with Crippen LogP contribution in [-0.2, 0) is 0 Å². The average molecular weight is 186 g/mol. The van der Waals surface area contributed by atoms with E-state index in [0.29, 0.717) is 0 Å². The summed E-state index contributed by atoms with van der Waals surface area (Å²) in [7, 11) is -2.10. The molecule has 0 spiro atoms. The highest BCUT2D eigenvalue weighted by atomic mass is 16.6. The summed E-state index contributed by atoms with van der Waals surface area (Å²) in [4.78, 5) is 0. The molecule has 0 radical (unpaired) electrons. The number of benzene rings is 1. The Hall–Kier alpha value is -1.60. The van der Waals surface area contributed by atoms with Gasteiger partial charge >= 0.3 is 7.32 Å². The zero-order chi connectivity index (χ0) is 10.0. The van der Waals surface area contributed by atoms with Crippen LogP contribution in [0.25, 0.3) is 0 Å². The number of phenols is 3. The van der Waals surface area contributed by atoms with Gasteiger partial charge < -0.3 is 30.0 Å². The van der Waals surface area contributed by atoms with E-state index in [-0.39, 0.29) is 5.75 Å². The van der Waals surface area contributed by atoms with Crippen LogP contribution in [-0.4, -0.2) is 32.7 Å². The van der Waals surface area contributed by atoms with Crippen molar-refractivity contribution >= 4 is 7.32 Å². The fourth-order valence-corrected chi connectivity index (χ4v) is 0.759. The van der Waals surface area contributed by atoms with Crippen molar-refractivity contribution in [2.75, 3.05) is 0 Å². The van der Waals surface area contributed by atoms with Gasteiger partial charge in [0.05, 0.1) is 0 Å². The van der Waals surface area contributed by atoms with Crippen molar-refractivity contribution in [3.8, 4) is 23.0 Å². The van der Waals surface area contributed by atoms with Gasteiger partial charge in [-0.15, -0.1) is 0 Å². The van der Waals surface area contributed by atoms with Crippen LogP contribution >= 0.6 is 0 Å². The highest BCUT2D eigenvalue weighted by Gasteiger charge is 2.17. The van der Waals surface area contributed by atoms with Gasteiger partial charge in [-0.1, -0.05) is 0 Å². The summed E-state index contributed by atoms with van der Waals surface area (Å²) in [5, 5.41) is 43.6. The van der Waals surface area contributed by atoms with Gasteiger partial charge in [0.25, 0.3) is 0 Å². The molecule has 0 saturated carbocycles. The average Bonchev–Trinajstić information content (AvgIpc) is 2.06. The van der Waals surface area contributed by atoms with Crippen LogP contribution in [0.3, 0.4) is 0 Å². The minimum atomic E-state index is -2.10. The number of phenolic OH excluding ortho intramolecular Hbond substituents is 3. The second kappa shape index (κ2) is 3.42. The van der Waals surface area contributed by atoms with Gasteiger partial charge in [-0.3, -0.25) is 0 Å². The third kappa shape index (κ3) is 1.95. The summed E-state index contributed by atoms with van der Waals surface area (Å²) in [5.41, 5.74) is 0. The third-order valence-corrected chi connectivity index (χ3v) is 1.33. The maximum Gasteiger partial charge on any atom is 0.707 e. The Bertz CT molecular complexity index is 312. The normalized spacial score (nSPS) is 9.69. The van der Waals surface area contributed by atoms with E-state index >= 15 is 0 Å². The highest BCUT2D eigenvalue weighted by Crippen LogP contribution is 2.41. The quantitative estimate of drug-likeness (QED) is 0.304. The number of hydrogen-bond donors (Lipinski definition) is 5. The lowest BCUT2D eigenvalue weighted by molar-refractivity contribution is 0.277. The standard InChI is InChI=1S/C6H7BO6/c8-3-1-2-4(13-7(11)12)6(10)5(3)9/h1-2,8-12H. The predicted octanol–water partition coefficient (Wildman–Crippen LogP) is -0.848. The first-order valence-electron chi connectivity index (χ1n) is 3.29. The molecule has 0 saturated heterocycles. The Balaban J connectivity index is 3.04. The van der Waals surface area contributed by atoms with E-state index in [4.69, 9.17) is 25.4 Å². The molecule has 1 aromatic rings. The molecule has 1 rings (SSSR count). The third-order valence-electron chi connectivity index (χ3n) is 1.33. The molecular weight excluding hydrogens is 179 g/mol. The summed E-state index contributed by atoms with van der Waals surface area (Å²) >= 11 is 0. The molecule has 0 amide bonds. The van der Waals surface area contributed by atoms with Gasteiger partial charge in [0.2, 0.25) is 11.5 Å². The van der Waals surface area contributed by atoms with Crippen molar-refractivity contribution in [1.82, 2.24) is 0 Å². The minimum absolute atomic E-state index is 0.342. The predicted molar refractivity (Wildman–Crippen MR) is 42.3 cm³/mol. The zero-order valence-corrected chi connectivity index (χ0v) is 6.38. The van der Waals surface area contributed by atoms with Gasteiger partial charge in [0, 0.05) is 0 Å². The summed E-state index contributed by atoms with van der Waals surface area (Å²) < 4.78 is 4.27. The molecule has 0 fully saturated rings. The SMILES string of the molecule is OB(O)Oc1ccc(O)c(O)c1O. The van der Waals surface area contributed by atoms with Crippen molar-refractivity contribution in [2.45, 2.75) is 0 Å². The van der Waals surface area contributed by atoms with E-state index in [9.17, 15) is 0 Å². The second-order valence-electron chi connectivity index (χ2n) is 2.22. The first-order valence-corrected chi connectivity index (χ1v) is 3.29. The Kier molecular flexibility index (Phi) is 2.50. The summed E-state index contributed by atoms with van der Waals surface area (Å²) in [6.07, 6.45) is 0. The molecule has 0 heterocycles. The van der Waals surface area contributed by atoms with Crippen LogP contribution < -0.4 is 4.65 Å². The van der Waals surface area contributed by atoms with Gasteiger partial charge in [0.1, 0.15) is 5.75 Å². The maximum atomic E-state index is 9.07. The second-order valence-corrected chi connectivity index (χ2v) is 2.22. The fraction of sp³-hybridized carbons (Fsp3) is 0. The highest BCUT2D eigenvalue weighted by molar-refractivity contribution is 6.33. The topological polar surface area (TPSA) is 110 Å². The molecule has 1 aromatic carbocycles. The molecule has 0 bridgehead atoms. The molecule has 6 nitrogen and oxygen atoms in total. The summed E-state index contributed by atoms with van der Waals surface area (Å²) in [5.74, 6) is -2.41. The van der Waals surface area contributed by atoms with Crippen LogP contribution in [0.2, 0.25) is 0 Å². The van der Waals surface area contributed by atoms with E-state index in [1.165, 1.54) is 0 Å². The van der Waals surface area contributed by atoms with Crippen molar-refractivity contribution in [2.24, 2.45) is 0 Å². The van der Waals surface area contributed by atoms with Crippen LogP contribution in [0.15, 0.2) is 12.1 Å². The maximum absolute atomic E-state index is 9.07. The van der Waals surface area contributed by atoms with Crippen molar-refractivity contribution in [3.63, 3.8) is 0 Å². The van der Waals surface area contributed by atoms with E-state index < -0.39 is 24.6 Å². The van der Waals surface area contributed by atoms with E-state index in [0.717, 1.165) is 12.1 Å². The molecule has 0 aliphatic rings. The van der Waals surface area contributed by atoms with Gasteiger partial charge in [-0.05, 0) is 12.1 Å². The molecule has 0 atom stereocenters. The van der Waals surface area contributed by atoms with Crippen LogP contribution in [0, 0.1) is 0 Å². The van der Waals surface area contributed by atoms with Crippen LogP contribution in [0.1, 0.15) is 0 Å². The van der Waals surface area contributed by atoms with Crippen molar-refractivity contribution < 1.29 is 30.0 Å². The molecular formula is C6H7BO6. The monoisotopic (exact) mass is 186 g/mol. The Morgan fingerprint density at radius 3 is 2.15 bits per heavy atom. The molecule has 0 unspecified atom stereocenters. The van der Waals surface area contributed by atoms with Gasteiger partial charge in [-0.25, -0.2) is 0 Å². The lowest BCUT2D eigenvalue weighted by Crippen LogP contribution is -2.20. The lowest BCUT2D eigenvalue weighted by Gasteiger charge is -2.08. The first-order chi connectivity index (χ1) is 6.02. The lowest BCUT2D eigenvalue weighted by atomic mass is 10.2. The smallest absolute Gasteiger partial charge is 0.509 e. The molecule has 0 aromatic heterocycles. The Labute approximate surface area is 73.4 Å². The number of rotatable bonds is 2. The number of aromatic hydroxyl groups is 3. The number of hydrogen-bond acceptors (Lipinski definition) is 6. The molecule has 5 N–H and O–H groups in total.